The van der Waals surface area contributed by atoms with Crippen molar-refractivity contribution in [3.05, 3.63) is 34.1 Å². The molecule has 0 atom stereocenters. The van der Waals surface area contributed by atoms with Gasteiger partial charge in [0.1, 0.15) is 4.60 Å². The molecule has 0 amide bonds. The van der Waals surface area contributed by atoms with Gasteiger partial charge in [-0.25, -0.2) is 4.98 Å². The third kappa shape index (κ3) is 2.48. The first-order valence-electron chi connectivity index (χ1n) is 3.43. The summed E-state index contributed by atoms with van der Waals surface area (Å²) in [5, 5.41) is 8.51. The van der Waals surface area contributed by atoms with Crippen LogP contribution in [0.2, 0.25) is 0 Å². The first kappa shape index (κ1) is 8.95. The molecule has 1 aromatic rings. The van der Waals surface area contributed by atoms with Crippen LogP contribution in [-0.2, 0) is 0 Å². The zero-order valence-corrected chi connectivity index (χ0v) is 8.17. The van der Waals surface area contributed by atoms with E-state index in [0.717, 1.165) is 10.3 Å². The Labute approximate surface area is 79.7 Å². The highest BCUT2D eigenvalue weighted by atomic mass is 79.9. The van der Waals surface area contributed by atoms with E-state index in [2.05, 4.69) is 20.9 Å². The maximum absolute atomic E-state index is 8.51. The Kier molecular flexibility index (Phi) is 3.01. The minimum Gasteiger partial charge on any atom is -0.242 e. The lowest BCUT2D eigenvalue weighted by molar-refractivity contribution is 1.24. The van der Waals surface area contributed by atoms with Gasteiger partial charge in [-0.3, -0.25) is 0 Å². The molecular weight excluding hydrogens is 216 g/mol. The molecule has 0 unspecified atom stereocenters. The Hall–Kier alpha value is -1.14. The molecule has 3 heteroatoms. The topological polar surface area (TPSA) is 36.7 Å². The van der Waals surface area contributed by atoms with Gasteiger partial charge in [-0.2, -0.15) is 5.26 Å². The Morgan fingerprint density at radius 1 is 1.67 bits per heavy atom. The summed E-state index contributed by atoms with van der Waals surface area (Å²) in [5.74, 6) is 0. The number of pyridine rings is 1. The Bertz CT molecular complexity index is 350. The number of nitrogens with zero attached hydrogens (tertiary/aromatic N) is 2. The van der Waals surface area contributed by atoms with E-state index in [-0.39, 0.29) is 0 Å². The number of hydrogen-bond acceptors (Lipinski definition) is 2. The lowest BCUT2D eigenvalue weighted by atomic mass is 10.2. The number of allylic oxidation sites excluding steroid dienone is 1. The predicted molar refractivity (Wildman–Crippen MR) is 51.2 cm³/mol. The highest BCUT2D eigenvalue weighted by molar-refractivity contribution is 9.10. The molecule has 0 aliphatic rings. The van der Waals surface area contributed by atoms with Crippen LogP contribution in [0.15, 0.2) is 28.4 Å². The summed E-state index contributed by atoms with van der Waals surface area (Å²) in [7, 11) is 0. The highest BCUT2D eigenvalue weighted by Crippen LogP contribution is 2.08. The van der Waals surface area contributed by atoms with Crippen molar-refractivity contribution in [2.45, 2.75) is 6.92 Å². The number of nitriles is 1. The highest BCUT2D eigenvalue weighted by Gasteiger charge is 1.91. The van der Waals surface area contributed by atoms with Crippen molar-refractivity contribution < 1.29 is 0 Å². The maximum Gasteiger partial charge on any atom is 0.106 e. The van der Waals surface area contributed by atoms with E-state index >= 15 is 0 Å². The molecule has 0 fully saturated rings. The monoisotopic (exact) mass is 222 g/mol. The van der Waals surface area contributed by atoms with Gasteiger partial charge in [0.2, 0.25) is 0 Å². The number of rotatable bonds is 1. The summed E-state index contributed by atoms with van der Waals surface area (Å²) in [4.78, 5) is 4.15. The van der Waals surface area contributed by atoms with Gasteiger partial charge in [0, 0.05) is 5.57 Å². The number of hydrogen-bond donors (Lipinski definition) is 0. The van der Waals surface area contributed by atoms with Crippen molar-refractivity contribution in [2.24, 2.45) is 0 Å². The van der Waals surface area contributed by atoms with E-state index in [1.165, 1.54) is 0 Å². The Morgan fingerprint density at radius 3 is 3.00 bits per heavy atom. The summed E-state index contributed by atoms with van der Waals surface area (Å²) in [6.45, 7) is 1.75. The molecule has 0 aliphatic heterocycles. The van der Waals surface area contributed by atoms with Crippen molar-refractivity contribution in [3.8, 4) is 6.07 Å². The van der Waals surface area contributed by atoms with Crippen LogP contribution < -0.4 is 0 Å². The standard InChI is InChI=1S/C9H7BrN2/c1-7(6-11)5-8-3-2-4-9(10)12-8/h2-5H,1H3. The van der Waals surface area contributed by atoms with E-state index in [1.54, 1.807) is 13.0 Å². The lowest BCUT2D eigenvalue weighted by Crippen LogP contribution is -1.81. The fraction of sp³-hybridized carbons (Fsp3) is 0.111. The smallest absolute Gasteiger partial charge is 0.106 e. The second kappa shape index (κ2) is 4.03. The van der Waals surface area contributed by atoms with Crippen molar-refractivity contribution in [2.75, 3.05) is 0 Å². The van der Waals surface area contributed by atoms with Gasteiger partial charge in [-0.05, 0) is 41.1 Å². The molecule has 0 bridgehead atoms. The summed E-state index contributed by atoms with van der Waals surface area (Å²) in [6, 6.07) is 7.62. The van der Waals surface area contributed by atoms with Gasteiger partial charge < -0.3 is 0 Å². The van der Waals surface area contributed by atoms with Crippen LogP contribution >= 0.6 is 15.9 Å². The molecule has 60 valence electrons. The van der Waals surface area contributed by atoms with Gasteiger partial charge in [-0.15, -0.1) is 0 Å². The van der Waals surface area contributed by atoms with Crippen molar-refractivity contribution >= 4 is 22.0 Å². The van der Waals surface area contributed by atoms with Crippen molar-refractivity contribution in [1.82, 2.24) is 4.98 Å². The summed E-state index contributed by atoms with van der Waals surface area (Å²) in [6.07, 6.45) is 1.74. The van der Waals surface area contributed by atoms with Gasteiger partial charge in [0.25, 0.3) is 0 Å². The van der Waals surface area contributed by atoms with E-state index in [9.17, 15) is 0 Å². The van der Waals surface area contributed by atoms with E-state index in [0.29, 0.717) is 5.57 Å². The molecule has 2 nitrogen and oxygen atoms in total. The molecule has 1 rings (SSSR count). The summed E-state index contributed by atoms with van der Waals surface area (Å²) in [5.41, 5.74) is 1.45. The predicted octanol–water partition coefficient (Wildman–Crippen LogP) is 2.77. The average molecular weight is 223 g/mol. The van der Waals surface area contributed by atoms with E-state index in [1.807, 2.05) is 24.3 Å². The van der Waals surface area contributed by atoms with Gasteiger partial charge in [0.15, 0.2) is 0 Å². The van der Waals surface area contributed by atoms with Crippen LogP contribution in [0.3, 0.4) is 0 Å². The Morgan fingerprint density at radius 2 is 2.42 bits per heavy atom. The third-order valence-electron chi connectivity index (χ3n) is 1.28. The molecule has 0 saturated heterocycles. The molecule has 0 saturated carbocycles. The second-order valence-corrected chi connectivity index (χ2v) is 3.14. The zero-order valence-electron chi connectivity index (χ0n) is 6.58. The van der Waals surface area contributed by atoms with Crippen molar-refractivity contribution in [3.63, 3.8) is 0 Å². The summed E-state index contributed by atoms with van der Waals surface area (Å²) >= 11 is 3.25. The van der Waals surface area contributed by atoms with Crippen molar-refractivity contribution in [1.29, 1.82) is 5.26 Å². The van der Waals surface area contributed by atoms with Crippen LogP contribution in [0.5, 0.6) is 0 Å². The quantitative estimate of drug-likeness (QED) is 0.542. The first-order chi connectivity index (χ1) is 5.72. The van der Waals surface area contributed by atoms with Crippen LogP contribution in [-0.4, -0.2) is 4.98 Å². The molecule has 0 aliphatic carbocycles. The summed E-state index contributed by atoms with van der Waals surface area (Å²) < 4.78 is 0.780. The van der Waals surface area contributed by atoms with Gasteiger partial charge >= 0.3 is 0 Å². The number of halogens is 1. The molecule has 0 aromatic carbocycles. The van der Waals surface area contributed by atoms with Crippen LogP contribution in [0.25, 0.3) is 6.08 Å². The van der Waals surface area contributed by atoms with Crippen LogP contribution in [0.1, 0.15) is 12.6 Å². The van der Waals surface area contributed by atoms with E-state index in [4.69, 9.17) is 5.26 Å². The van der Waals surface area contributed by atoms with Crippen LogP contribution in [0.4, 0.5) is 0 Å². The van der Waals surface area contributed by atoms with Gasteiger partial charge in [0.05, 0.1) is 11.8 Å². The fourth-order valence-corrected chi connectivity index (χ4v) is 1.12. The molecule has 0 N–H and O–H groups in total. The SMILES string of the molecule is CC(C#N)=Cc1cccc(Br)n1. The molecule has 12 heavy (non-hydrogen) atoms. The normalized spacial score (nSPS) is 10.9. The molecule has 1 heterocycles. The van der Waals surface area contributed by atoms with Crippen LogP contribution in [0, 0.1) is 11.3 Å². The maximum atomic E-state index is 8.51. The molecule has 1 aromatic heterocycles. The second-order valence-electron chi connectivity index (χ2n) is 2.32. The Balaban J connectivity index is 2.99. The minimum atomic E-state index is 0.653. The first-order valence-corrected chi connectivity index (χ1v) is 4.22. The minimum absolute atomic E-state index is 0.653. The lowest BCUT2D eigenvalue weighted by Gasteiger charge is -1.92. The van der Waals surface area contributed by atoms with Gasteiger partial charge in [-0.1, -0.05) is 6.07 Å². The third-order valence-corrected chi connectivity index (χ3v) is 1.72. The molecular formula is C9H7BrN2. The largest absolute Gasteiger partial charge is 0.242 e. The number of aromatic nitrogens is 1. The van der Waals surface area contributed by atoms with E-state index < -0.39 is 0 Å². The fourth-order valence-electron chi connectivity index (χ4n) is 0.758. The molecule has 0 spiro atoms. The zero-order chi connectivity index (χ0) is 8.97. The average Bonchev–Trinajstić information content (AvgIpc) is 2.04. The molecule has 0 radical (unpaired) electrons.